The van der Waals surface area contributed by atoms with Crippen molar-refractivity contribution in [2.75, 3.05) is 63.8 Å². The lowest BCUT2D eigenvalue weighted by Crippen LogP contribution is -2.57. The largest absolute Gasteiger partial charge is 0.506 e. The summed E-state index contributed by atoms with van der Waals surface area (Å²) in [6, 6.07) is 7.40. The van der Waals surface area contributed by atoms with Crippen molar-refractivity contribution in [1.82, 2.24) is 14.7 Å². The second-order valence-electron chi connectivity index (χ2n) is 6.95. The number of hydrogen-bond acceptors (Lipinski definition) is 5. The van der Waals surface area contributed by atoms with Gasteiger partial charge in [0.1, 0.15) is 5.75 Å². The van der Waals surface area contributed by atoms with E-state index in [4.69, 9.17) is 0 Å². The van der Waals surface area contributed by atoms with E-state index in [1.807, 2.05) is 30.0 Å². The van der Waals surface area contributed by atoms with Gasteiger partial charge in [-0.3, -0.25) is 9.69 Å². The summed E-state index contributed by atoms with van der Waals surface area (Å²) in [5.41, 5.74) is 0.886. The normalized spacial score (nSPS) is 21.4. The number of rotatable bonds is 4. The Labute approximate surface area is 150 Å². The SMILES string of the molecule is CCN1CCN(C(=O)[C@H](C)N2CCN(c3ccccc3O)CC2)CC1. The third-order valence-corrected chi connectivity index (χ3v) is 5.57. The summed E-state index contributed by atoms with van der Waals surface area (Å²) in [6.07, 6.45) is 0. The molecule has 1 atom stereocenters. The first-order chi connectivity index (χ1) is 12.1. The van der Waals surface area contributed by atoms with Gasteiger partial charge in [0.25, 0.3) is 0 Å². The number of piperazine rings is 2. The van der Waals surface area contributed by atoms with E-state index in [1.54, 1.807) is 6.07 Å². The van der Waals surface area contributed by atoms with Crippen LogP contribution >= 0.6 is 0 Å². The van der Waals surface area contributed by atoms with Gasteiger partial charge in [0, 0.05) is 52.4 Å². The molecule has 0 unspecified atom stereocenters. The minimum absolute atomic E-state index is 0.0697. The summed E-state index contributed by atoms with van der Waals surface area (Å²) >= 11 is 0. The number of phenolic OH excluding ortho intramolecular Hbond substituents is 1. The lowest BCUT2D eigenvalue weighted by molar-refractivity contribution is -0.138. The number of benzene rings is 1. The molecule has 2 heterocycles. The molecule has 1 aromatic carbocycles. The molecule has 1 N–H and O–H groups in total. The van der Waals surface area contributed by atoms with Crippen LogP contribution in [-0.4, -0.2) is 90.7 Å². The van der Waals surface area contributed by atoms with Gasteiger partial charge < -0.3 is 19.8 Å². The van der Waals surface area contributed by atoms with Crippen molar-refractivity contribution in [3.63, 3.8) is 0 Å². The first-order valence-corrected chi connectivity index (χ1v) is 9.38. The van der Waals surface area contributed by atoms with E-state index in [1.165, 1.54) is 0 Å². The maximum Gasteiger partial charge on any atom is 0.239 e. The van der Waals surface area contributed by atoms with Crippen molar-refractivity contribution in [3.8, 4) is 5.75 Å². The Morgan fingerprint density at radius 2 is 1.68 bits per heavy atom. The predicted molar refractivity (Wildman–Crippen MR) is 100 cm³/mol. The molecule has 6 nitrogen and oxygen atoms in total. The lowest BCUT2D eigenvalue weighted by Gasteiger charge is -2.41. The van der Waals surface area contributed by atoms with Crippen molar-refractivity contribution < 1.29 is 9.90 Å². The molecular weight excluding hydrogens is 316 g/mol. The number of carbonyl (C=O) groups excluding carboxylic acids is 1. The van der Waals surface area contributed by atoms with E-state index in [0.29, 0.717) is 5.75 Å². The molecule has 6 heteroatoms. The van der Waals surface area contributed by atoms with Crippen LogP contribution in [0.25, 0.3) is 0 Å². The Balaban J connectivity index is 1.52. The first kappa shape index (κ1) is 18.0. The number of para-hydroxylation sites is 2. The molecule has 0 spiro atoms. The molecule has 2 aliphatic rings. The number of hydrogen-bond donors (Lipinski definition) is 1. The molecular formula is C19H30N4O2. The molecule has 25 heavy (non-hydrogen) atoms. The zero-order valence-electron chi connectivity index (χ0n) is 15.4. The zero-order chi connectivity index (χ0) is 17.8. The van der Waals surface area contributed by atoms with Gasteiger partial charge in [-0.25, -0.2) is 0 Å². The van der Waals surface area contributed by atoms with Crippen LogP contribution in [0.5, 0.6) is 5.75 Å². The van der Waals surface area contributed by atoms with Crippen LogP contribution in [0, 0.1) is 0 Å². The van der Waals surface area contributed by atoms with Gasteiger partial charge in [-0.15, -0.1) is 0 Å². The minimum Gasteiger partial charge on any atom is -0.506 e. The molecule has 0 bridgehead atoms. The first-order valence-electron chi connectivity index (χ1n) is 9.38. The molecule has 3 rings (SSSR count). The third-order valence-electron chi connectivity index (χ3n) is 5.57. The number of nitrogens with zero attached hydrogens (tertiary/aromatic N) is 4. The average Bonchev–Trinajstić information content (AvgIpc) is 2.67. The molecule has 0 aromatic heterocycles. The fourth-order valence-electron chi connectivity index (χ4n) is 3.79. The molecule has 0 aliphatic carbocycles. The van der Waals surface area contributed by atoms with Gasteiger partial charge in [0.2, 0.25) is 5.91 Å². The lowest BCUT2D eigenvalue weighted by atomic mass is 10.1. The number of amides is 1. The number of aromatic hydroxyl groups is 1. The monoisotopic (exact) mass is 346 g/mol. The number of likely N-dealkylation sites (N-methyl/N-ethyl adjacent to an activating group) is 1. The van der Waals surface area contributed by atoms with E-state index in [2.05, 4.69) is 21.6 Å². The quantitative estimate of drug-likeness (QED) is 0.884. The van der Waals surface area contributed by atoms with Gasteiger partial charge in [-0.2, -0.15) is 0 Å². The fourth-order valence-corrected chi connectivity index (χ4v) is 3.79. The van der Waals surface area contributed by atoms with Crippen molar-refractivity contribution >= 4 is 11.6 Å². The Morgan fingerprint density at radius 1 is 1.04 bits per heavy atom. The van der Waals surface area contributed by atoms with Crippen molar-refractivity contribution in [2.24, 2.45) is 0 Å². The van der Waals surface area contributed by atoms with Crippen LogP contribution in [0.2, 0.25) is 0 Å². The summed E-state index contributed by atoms with van der Waals surface area (Å²) in [5.74, 6) is 0.584. The second-order valence-corrected chi connectivity index (χ2v) is 6.95. The predicted octanol–water partition coefficient (Wildman–Crippen LogP) is 1.07. The summed E-state index contributed by atoms with van der Waals surface area (Å²) < 4.78 is 0. The molecule has 0 saturated carbocycles. The Morgan fingerprint density at radius 3 is 2.28 bits per heavy atom. The van der Waals surface area contributed by atoms with Gasteiger partial charge in [0.15, 0.2) is 0 Å². The Kier molecular flexibility index (Phi) is 5.81. The summed E-state index contributed by atoms with van der Waals surface area (Å²) in [4.78, 5) is 21.7. The Hall–Kier alpha value is -1.79. The third kappa shape index (κ3) is 4.07. The van der Waals surface area contributed by atoms with E-state index in [9.17, 15) is 9.90 Å². The van der Waals surface area contributed by atoms with Crippen molar-refractivity contribution in [3.05, 3.63) is 24.3 Å². The zero-order valence-corrected chi connectivity index (χ0v) is 15.4. The highest BCUT2D eigenvalue weighted by atomic mass is 16.3. The number of anilines is 1. The minimum atomic E-state index is -0.0697. The summed E-state index contributed by atoms with van der Waals surface area (Å²) in [5, 5.41) is 10.0. The summed E-state index contributed by atoms with van der Waals surface area (Å²) in [7, 11) is 0. The van der Waals surface area contributed by atoms with Gasteiger partial charge >= 0.3 is 0 Å². The van der Waals surface area contributed by atoms with Crippen LogP contribution in [0.15, 0.2) is 24.3 Å². The van der Waals surface area contributed by atoms with E-state index in [-0.39, 0.29) is 11.9 Å². The smallest absolute Gasteiger partial charge is 0.239 e. The Bertz CT molecular complexity index is 579. The molecule has 2 fully saturated rings. The van der Waals surface area contributed by atoms with Crippen molar-refractivity contribution in [1.29, 1.82) is 0 Å². The maximum atomic E-state index is 12.8. The van der Waals surface area contributed by atoms with Crippen LogP contribution in [-0.2, 0) is 4.79 Å². The number of phenols is 1. The molecule has 138 valence electrons. The highest BCUT2D eigenvalue weighted by molar-refractivity contribution is 5.81. The van der Waals surface area contributed by atoms with Gasteiger partial charge in [0.05, 0.1) is 11.7 Å². The topological polar surface area (TPSA) is 50.3 Å². The molecule has 1 aromatic rings. The molecule has 2 saturated heterocycles. The number of carbonyl (C=O) groups is 1. The molecule has 0 radical (unpaired) electrons. The van der Waals surface area contributed by atoms with E-state index >= 15 is 0 Å². The fraction of sp³-hybridized carbons (Fsp3) is 0.632. The molecule has 2 aliphatic heterocycles. The van der Waals surface area contributed by atoms with Crippen LogP contribution in [0.3, 0.4) is 0 Å². The van der Waals surface area contributed by atoms with Gasteiger partial charge in [-0.1, -0.05) is 19.1 Å². The molecule has 1 amide bonds. The second kappa shape index (κ2) is 8.06. The van der Waals surface area contributed by atoms with E-state index < -0.39 is 0 Å². The standard InChI is InChI=1S/C19H30N4O2/c1-3-20-8-10-23(11-9-20)19(25)16(2)21-12-14-22(15-13-21)17-6-4-5-7-18(17)24/h4-7,16,24H,3,8-15H2,1-2H3/t16-/m0/s1. The van der Waals surface area contributed by atoms with Crippen LogP contribution < -0.4 is 4.90 Å². The maximum absolute atomic E-state index is 12.8. The highest BCUT2D eigenvalue weighted by Crippen LogP contribution is 2.27. The van der Waals surface area contributed by atoms with Crippen molar-refractivity contribution in [2.45, 2.75) is 19.9 Å². The van der Waals surface area contributed by atoms with Crippen LogP contribution in [0.1, 0.15) is 13.8 Å². The van der Waals surface area contributed by atoms with Gasteiger partial charge in [-0.05, 0) is 25.6 Å². The van der Waals surface area contributed by atoms with E-state index in [0.717, 1.165) is 64.6 Å². The highest BCUT2D eigenvalue weighted by Gasteiger charge is 2.30. The summed E-state index contributed by atoms with van der Waals surface area (Å²) in [6.45, 7) is 12.3. The average molecular weight is 346 g/mol. The van der Waals surface area contributed by atoms with Crippen LogP contribution in [0.4, 0.5) is 5.69 Å².